The Balaban J connectivity index is 0.00000134. The van der Waals surface area contributed by atoms with E-state index >= 15 is 0 Å². The number of benzene rings is 2. The molecule has 0 aliphatic rings. The van der Waals surface area contributed by atoms with Crippen LogP contribution in [0.2, 0.25) is 0 Å². The van der Waals surface area contributed by atoms with Crippen molar-refractivity contribution in [1.82, 2.24) is 0 Å². The van der Waals surface area contributed by atoms with Crippen molar-refractivity contribution in [2.24, 2.45) is 0 Å². The van der Waals surface area contributed by atoms with E-state index in [1.54, 1.807) is 0 Å². The molecule has 0 aliphatic heterocycles. The van der Waals surface area contributed by atoms with E-state index in [2.05, 4.69) is 69.5 Å². The Hall–Kier alpha value is -2.34. The highest BCUT2D eigenvalue weighted by molar-refractivity contribution is 5.88. The van der Waals surface area contributed by atoms with Gasteiger partial charge in [-0.3, -0.25) is 0 Å². The van der Waals surface area contributed by atoms with Crippen LogP contribution < -0.4 is 0 Å². The lowest BCUT2D eigenvalue weighted by Gasteiger charge is -2.16. The largest absolute Gasteiger partial charge is 0.0984 e. The zero-order valence-corrected chi connectivity index (χ0v) is 16.9. The topological polar surface area (TPSA) is 0 Å². The van der Waals surface area contributed by atoms with Gasteiger partial charge in [-0.2, -0.15) is 0 Å². The summed E-state index contributed by atoms with van der Waals surface area (Å²) in [6.07, 6.45) is 7.06. The predicted octanol–water partition coefficient (Wildman–Crippen LogP) is 8.04. The Morgan fingerprint density at radius 3 is 1.96 bits per heavy atom. The fourth-order valence-corrected chi connectivity index (χ4v) is 2.77. The summed E-state index contributed by atoms with van der Waals surface area (Å²) in [6.45, 7) is 20.2. The number of allylic oxidation sites excluding steroid dienone is 1. The highest BCUT2D eigenvalue weighted by Crippen LogP contribution is 2.31. The molecule has 2 rings (SSSR count). The SMILES string of the molecule is C=Cc1ccccc1/C(=C\C)c1cccc(CC)c1C=C.CC.CC. The molecule has 2 aromatic carbocycles. The van der Waals surface area contributed by atoms with Gasteiger partial charge in [0.25, 0.3) is 0 Å². The molecule has 0 atom stereocenters. The first-order chi connectivity index (χ1) is 12.3. The number of hydrogen-bond donors (Lipinski definition) is 0. The summed E-state index contributed by atoms with van der Waals surface area (Å²) >= 11 is 0. The van der Waals surface area contributed by atoms with Crippen LogP contribution in [-0.2, 0) is 6.42 Å². The van der Waals surface area contributed by atoms with E-state index in [-0.39, 0.29) is 0 Å². The van der Waals surface area contributed by atoms with Gasteiger partial charge in [0.05, 0.1) is 0 Å². The van der Waals surface area contributed by atoms with Gasteiger partial charge < -0.3 is 0 Å². The van der Waals surface area contributed by atoms with Gasteiger partial charge in [-0.25, -0.2) is 0 Å². The highest BCUT2D eigenvalue weighted by Gasteiger charge is 2.12. The lowest BCUT2D eigenvalue weighted by Crippen LogP contribution is -1.97. The van der Waals surface area contributed by atoms with Gasteiger partial charge in [0.2, 0.25) is 0 Å². The van der Waals surface area contributed by atoms with E-state index in [9.17, 15) is 0 Å². The first-order valence-corrected chi connectivity index (χ1v) is 9.39. The van der Waals surface area contributed by atoms with E-state index in [1.165, 1.54) is 27.8 Å². The number of rotatable bonds is 5. The Kier molecular flexibility index (Phi) is 11.8. The van der Waals surface area contributed by atoms with Crippen molar-refractivity contribution in [3.05, 3.63) is 89.5 Å². The minimum Gasteiger partial charge on any atom is -0.0984 e. The van der Waals surface area contributed by atoms with Gasteiger partial charge in [-0.15, -0.1) is 0 Å². The van der Waals surface area contributed by atoms with E-state index in [1.807, 2.05) is 45.9 Å². The monoisotopic (exact) mass is 334 g/mol. The van der Waals surface area contributed by atoms with Crippen LogP contribution >= 0.6 is 0 Å². The van der Waals surface area contributed by atoms with Gasteiger partial charge in [0.1, 0.15) is 0 Å². The fraction of sp³-hybridized carbons (Fsp3) is 0.280. The minimum absolute atomic E-state index is 1.01. The molecule has 0 N–H and O–H groups in total. The van der Waals surface area contributed by atoms with E-state index in [4.69, 9.17) is 0 Å². The summed E-state index contributed by atoms with van der Waals surface area (Å²) in [7, 11) is 0. The molecular formula is C25H34. The maximum Gasteiger partial charge on any atom is -0.0106 e. The predicted molar refractivity (Wildman–Crippen MR) is 118 cm³/mol. The molecule has 0 saturated heterocycles. The van der Waals surface area contributed by atoms with Crippen molar-refractivity contribution in [1.29, 1.82) is 0 Å². The van der Waals surface area contributed by atoms with Crippen LogP contribution in [0.25, 0.3) is 17.7 Å². The van der Waals surface area contributed by atoms with Crippen molar-refractivity contribution >= 4 is 17.7 Å². The van der Waals surface area contributed by atoms with Crippen LogP contribution in [0, 0.1) is 0 Å². The molecular weight excluding hydrogens is 300 g/mol. The zero-order chi connectivity index (χ0) is 19.2. The zero-order valence-electron chi connectivity index (χ0n) is 16.9. The van der Waals surface area contributed by atoms with Gasteiger partial charge in [0.15, 0.2) is 0 Å². The maximum absolute atomic E-state index is 4.01. The quantitative estimate of drug-likeness (QED) is 0.519. The average Bonchev–Trinajstić information content (AvgIpc) is 2.71. The summed E-state index contributed by atoms with van der Waals surface area (Å²) < 4.78 is 0. The third kappa shape index (κ3) is 5.60. The molecule has 0 radical (unpaired) electrons. The van der Waals surface area contributed by atoms with Crippen molar-refractivity contribution < 1.29 is 0 Å². The molecule has 0 saturated carbocycles. The van der Waals surface area contributed by atoms with Crippen LogP contribution in [0.5, 0.6) is 0 Å². The first kappa shape index (κ1) is 22.7. The molecule has 0 heterocycles. The van der Waals surface area contributed by atoms with Crippen LogP contribution in [0.1, 0.15) is 69.4 Å². The molecule has 0 bridgehead atoms. The van der Waals surface area contributed by atoms with Crippen LogP contribution in [0.3, 0.4) is 0 Å². The first-order valence-electron chi connectivity index (χ1n) is 9.39. The van der Waals surface area contributed by atoms with E-state index < -0.39 is 0 Å². The molecule has 25 heavy (non-hydrogen) atoms. The van der Waals surface area contributed by atoms with Crippen molar-refractivity contribution in [3.8, 4) is 0 Å². The summed E-state index contributed by atoms with van der Waals surface area (Å²) in [5.74, 6) is 0. The number of aryl methyl sites for hydroxylation is 1. The minimum atomic E-state index is 1.01. The number of hydrogen-bond acceptors (Lipinski definition) is 0. The van der Waals surface area contributed by atoms with E-state index in [0.29, 0.717) is 0 Å². The average molecular weight is 335 g/mol. The molecule has 2 aromatic rings. The summed E-state index contributed by atoms with van der Waals surface area (Å²) in [6, 6.07) is 14.8. The fourth-order valence-electron chi connectivity index (χ4n) is 2.77. The van der Waals surface area contributed by atoms with Crippen LogP contribution in [0.15, 0.2) is 61.7 Å². The standard InChI is InChI=1S/C21H22.2C2H6/c1-5-16-13-11-15-21(18(16)7-3)19(8-4)20-14-10-9-12-17(20)6-2;2*1-2/h6-15H,2-3,5H2,1,4H3;2*1-2H3/b19-8+;;. The second kappa shape index (κ2) is 13.0. The maximum atomic E-state index is 4.01. The second-order valence-corrected chi connectivity index (χ2v) is 4.93. The van der Waals surface area contributed by atoms with Gasteiger partial charge in [-0.1, -0.05) is 108 Å². The molecule has 0 aromatic heterocycles. The van der Waals surface area contributed by atoms with E-state index in [0.717, 1.165) is 12.0 Å². The highest BCUT2D eigenvalue weighted by atomic mass is 14.2. The van der Waals surface area contributed by atoms with Crippen molar-refractivity contribution in [2.75, 3.05) is 0 Å². The molecule has 0 amide bonds. The lowest BCUT2D eigenvalue weighted by atomic mass is 9.88. The van der Waals surface area contributed by atoms with Gasteiger partial charge >= 0.3 is 0 Å². The van der Waals surface area contributed by atoms with Crippen molar-refractivity contribution in [2.45, 2.75) is 48.0 Å². The Labute approximate surface area is 155 Å². The van der Waals surface area contributed by atoms with Crippen LogP contribution in [-0.4, -0.2) is 0 Å². The third-order valence-corrected chi connectivity index (χ3v) is 3.83. The van der Waals surface area contributed by atoms with Crippen molar-refractivity contribution in [3.63, 3.8) is 0 Å². The normalized spacial score (nSPS) is 9.92. The molecule has 134 valence electrons. The molecule has 0 unspecified atom stereocenters. The molecule has 0 fully saturated rings. The second-order valence-electron chi connectivity index (χ2n) is 4.93. The molecule has 0 heteroatoms. The molecule has 0 spiro atoms. The van der Waals surface area contributed by atoms with Gasteiger partial charge in [0, 0.05) is 0 Å². The summed E-state index contributed by atoms with van der Waals surface area (Å²) in [5, 5.41) is 0. The van der Waals surface area contributed by atoms with Crippen LogP contribution in [0.4, 0.5) is 0 Å². The molecule has 0 nitrogen and oxygen atoms in total. The molecule has 0 aliphatic carbocycles. The van der Waals surface area contributed by atoms with Gasteiger partial charge in [-0.05, 0) is 46.7 Å². The Morgan fingerprint density at radius 1 is 0.840 bits per heavy atom. The Morgan fingerprint density at radius 2 is 1.44 bits per heavy atom. The smallest absolute Gasteiger partial charge is 0.0106 e. The Bertz CT molecular complexity index is 687. The summed E-state index contributed by atoms with van der Waals surface area (Å²) in [5.41, 5.74) is 7.40. The lowest BCUT2D eigenvalue weighted by molar-refractivity contribution is 1.13. The summed E-state index contributed by atoms with van der Waals surface area (Å²) in [4.78, 5) is 0. The third-order valence-electron chi connectivity index (χ3n) is 3.83.